The average Bonchev–Trinajstić information content (AvgIpc) is 2.59. The van der Waals surface area contributed by atoms with Crippen molar-refractivity contribution in [1.82, 2.24) is 20.2 Å². The summed E-state index contributed by atoms with van der Waals surface area (Å²) in [4.78, 5) is 22.7. The van der Waals surface area contributed by atoms with Gasteiger partial charge in [0.2, 0.25) is 0 Å². The molecule has 1 amide bonds. The SMILES string of the molecule is CN1CCC(NC(=O)c2cc(Oc3ccc(N)nc3)ccn2)CC1. The van der Waals surface area contributed by atoms with Gasteiger partial charge in [-0.2, -0.15) is 0 Å². The molecule has 3 N–H and O–H groups in total. The number of anilines is 1. The first-order valence-corrected chi connectivity index (χ1v) is 7.95. The second kappa shape index (κ2) is 7.27. The van der Waals surface area contributed by atoms with Crippen LogP contribution in [0.4, 0.5) is 5.82 Å². The smallest absolute Gasteiger partial charge is 0.270 e. The van der Waals surface area contributed by atoms with Crippen LogP contribution in [0.25, 0.3) is 0 Å². The predicted molar refractivity (Wildman–Crippen MR) is 90.9 cm³/mol. The van der Waals surface area contributed by atoms with Gasteiger partial charge in [-0.1, -0.05) is 0 Å². The van der Waals surface area contributed by atoms with Crippen LogP contribution < -0.4 is 15.8 Å². The van der Waals surface area contributed by atoms with Crippen molar-refractivity contribution >= 4 is 11.7 Å². The summed E-state index contributed by atoms with van der Waals surface area (Å²) in [6.45, 7) is 1.98. The fraction of sp³-hybridized carbons (Fsp3) is 0.353. The number of amides is 1. The second-order valence-electron chi connectivity index (χ2n) is 5.95. The van der Waals surface area contributed by atoms with Gasteiger partial charge in [-0.25, -0.2) is 4.98 Å². The zero-order valence-corrected chi connectivity index (χ0v) is 13.6. The quantitative estimate of drug-likeness (QED) is 0.887. The summed E-state index contributed by atoms with van der Waals surface area (Å²) in [5, 5.41) is 3.04. The largest absolute Gasteiger partial charge is 0.456 e. The third-order valence-corrected chi connectivity index (χ3v) is 4.01. The highest BCUT2D eigenvalue weighted by atomic mass is 16.5. The molecule has 3 heterocycles. The molecule has 0 aliphatic carbocycles. The van der Waals surface area contributed by atoms with Crippen molar-refractivity contribution in [3.63, 3.8) is 0 Å². The number of pyridine rings is 2. The van der Waals surface area contributed by atoms with Crippen molar-refractivity contribution in [2.24, 2.45) is 0 Å². The third kappa shape index (κ3) is 4.20. The van der Waals surface area contributed by atoms with Crippen LogP contribution in [-0.2, 0) is 0 Å². The first-order valence-electron chi connectivity index (χ1n) is 7.95. The lowest BCUT2D eigenvalue weighted by molar-refractivity contribution is 0.0911. The van der Waals surface area contributed by atoms with Crippen LogP contribution in [0.15, 0.2) is 36.7 Å². The molecule has 2 aromatic heterocycles. The molecule has 0 aromatic carbocycles. The summed E-state index contributed by atoms with van der Waals surface area (Å²) < 4.78 is 5.68. The van der Waals surface area contributed by atoms with Gasteiger partial charge in [0.1, 0.15) is 23.0 Å². The van der Waals surface area contributed by atoms with E-state index in [0.29, 0.717) is 23.0 Å². The summed E-state index contributed by atoms with van der Waals surface area (Å²) in [6, 6.07) is 6.90. The fourth-order valence-electron chi connectivity index (χ4n) is 2.60. The Morgan fingerprint density at radius 1 is 1.25 bits per heavy atom. The Balaban J connectivity index is 1.63. The number of nitrogens with zero attached hydrogens (tertiary/aromatic N) is 3. The number of aromatic nitrogens is 2. The normalized spacial score (nSPS) is 15.9. The molecule has 1 saturated heterocycles. The predicted octanol–water partition coefficient (Wildman–Crippen LogP) is 1.68. The summed E-state index contributed by atoms with van der Waals surface area (Å²) in [5.74, 6) is 1.34. The van der Waals surface area contributed by atoms with Gasteiger partial charge < -0.3 is 20.7 Å². The topological polar surface area (TPSA) is 93.4 Å². The van der Waals surface area contributed by atoms with Crippen LogP contribution in [0.3, 0.4) is 0 Å². The van der Waals surface area contributed by atoms with Gasteiger partial charge in [0, 0.05) is 18.3 Å². The van der Waals surface area contributed by atoms with E-state index in [4.69, 9.17) is 10.5 Å². The molecule has 2 aromatic rings. The van der Waals surface area contributed by atoms with Gasteiger partial charge in [-0.15, -0.1) is 0 Å². The van der Waals surface area contributed by atoms with E-state index < -0.39 is 0 Å². The van der Waals surface area contributed by atoms with Gasteiger partial charge in [0.05, 0.1) is 6.20 Å². The summed E-state index contributed by atoms with van der Waals surface area (Å²) in [6.07, 6.45) is 5.00. The Labute approximate surface area is 140 Å². The number of ether oxygens (including phenoxy) is 1. The lowest BCUT2D eigenvalue weighted by Gasteiger charge is -2.29. The molecular weight excluding hydrogens is 306 g/mol. The van der Waals surface area contributed by atoms with E-state index in [1.54, 1.807) is 30.5 Å². The standard InChI is InChI=1S/C17H21N5O2/c1-22-8-5-12(6-9-22)21-17(23)15-10-13(4-7-19-15)24-14-2-3-16(18)20-11-14/h2-4,7,10-12H,5-6,8-9H2,1H3,(H2,18,20)(H,21,23). The monoisotopic (exact) mass is 327 g/mol. The number of carbonyl (C=O) groups is 1. The van der Waals surface area contributed by atoms with E-state index in [1.807, 2.05) is 0 Å². The first kappa shape index (κ1) is 16.2. The first-order chi connectivity index (χ1) is 11.6. The summed E-state index contributed by atoms with van der Waals surface area (Å²) in [5.41, 5.74) is 5.89. The highest BCUT2D eigenvalue weighted by Gasteiger charge is 2.19. The molecule has 7 nitrogen and oxygen atoms in total. The van der Waals surface area contributed by atoms with Crippen LogP contribution in [0.1, 0.15) is 23.3 Å². The van der Waals surface area contributed by atoms with Gasteiger partial charge in [0.15, 0.2) is 0 Å². The fourth-order valence-corrected chi connectivity index (χ4v) is 2.60. The third-order valence-electron chi connectivity index (χ3n) is 4.01. The molecular formula is C17H21N5O2. The van der Waals surface area contributed by atoms with E-state index in [-0.39, 0.29) is 11.9 Å². The molecule has 0 atom stereocenters. The van der Waals surface area contributed by atoms with Crippen molar-refractivity contribution < 1.29 is 9.53 Å². The Morgan fingerprint density at radius 2 is 2.04 bits per heavy atom. The number of nitrogen functional groups attached to an aromatic ring is 1. The zero-order chi connectivity index (χ0) is 16.9. The molecule has 0 unspecified atom stereocenters. The number of nitrogens with two attached hydrogens (primary N) is 1. The zero-order valence-electron chi connectivity index (χ0n) is 13.6. The molecule has 24 heavy (non-hydrogen) atoms. The van der Waals surface area contributed by atoms with E-state index in [0.717, 1.165) is 25.9 Å². The molecule has 126 valence electrons. The van der Waals surface area contributed by atoms with Crippen molar-refractivity contribution in [2.45, 2.75) is 18.9 Å². The van der Waals surface area contributed by atoms with Crippen LogP contribution in [0, 0.1) is 0 Å². The van der Waals surface area contributed by atoms with Crippen LogP contribution in [-0.4, -0.2) is 47.0 Å². The lowest BCUT2D eigenvalue weighted by Crippen LogP contribution is -2.43. The van der Waals surface area contributed by atoms with Gasteiger partial charge in [-0.05, 0) is 51.2 Å². The molecule has 0 bridgehead atoms. The number of hydrogen-bond acceptors (Lipinski definition) is 6. The number of hydrogen-bond donors (Lipinski definition) is 2. The maximum absolute atomic E-state index is 12.4. The molecule has 0 radical (unpaired) electrons. The summed E-state index contributed by atoms with van der Waals surface area (Å²) in [7, 11) is 2.09. The van der Waals surface area contributed by atoms with Crippen molar-refractivity contribution in [2.75, 3.05) is 25.9 Å². The Bertz CT molecular complexity index is 696. The molecule has 1 aliphatic heterocycles. The molecule has 3 rings (SSSR count). The molecule has 7 heteroatoms. The second-order valence-corrected chi connectivity index (χ2v) is 5.95. The van der Waals surface area contributed by atoms with Gasteiger partial charge in [-0.3, -0.25) is 9.78 Å². The Morgan fingerprint density at radius 3 is 2.75 bits per heavy atom. The van der Waals surface area contributed by atoms with E-state index >= 15 is 0 Å². The molecule has 0 saturated carbocycles. The highest BCUT2D eigenvalue weighted by Crippen LogP contribution is 2.21. The maximum atomic E-state index is 12.4. The van der Waals surface area contributed by atoms with Crippen LogP contribution >= 0.6 is 0 Å². The van der Waals surface area contributed by atoms with Crippen molar-refractivity contribution in [1.29, 1.82) is 0 Å². The highest BCUT2D eigenvalue weighted by molar-refractivity contribution is 5.92. The van der Waals surface area contributed by atoms with E-state index in [9.17, 15) is 4.79 Å². The van der Waals surface area contributed by atoms with Crippen molar-refractivity contribution in [3.05, 3.63) is 42.4 Å². The molecule has 0 spiro atoms. The minimum atomic E-state index is -0.176. The van der Waals surface area contributed by atoms with Crippen molar-refractivity contribution in [3.8, 4) is 11.5 Å². The number of carbonyl (C=O) groups excluding carboxylic acids is 1. The minimum absolute atomic E-state index is 0.176. The lowest BCUT2D eigenvalue weighted by atomic mass is 10.1. The Hall–Kier alpha value is -2.67. The minimum Gasteiger partial charge on any atom is -0.456 e. The molecule has 1 aliphatic rings. The number of rotatable bonds is 4. The number of nitrogens with one attached hydrogen (secondary N) is 1. The van der Waals surface area contributed by atoms with E-state index in [2.05, 4.69) is 27.2 Å². The maximum Gasteiger partial charge on any atom is 0.270 e. The van der Waals surface area contributed by atoms with E-state index in [1.165, 1.54) is 6.20 Å². The van der Waals surface area contributed by atoms with Crippen LogP contribution in [0.2, 0.25) is 0 Å². The Kier molecular flexibility index (Phi) is 4.90. The van der Waals surface area contributed by atoms with Gasteiger partial charge >= 0.3 is 0 Å². The number of likely N-dealkylation sites (tertiary alicyclic amines) is 1. The average molecular weight is 327 g/mol. The summed E-state index contributed by atoms with van der Waals surface area (Å²) >= 11 is 0. The molecule has 1 fully saturated rings. The van der Waals surface area contributed by atoms with Gasteiger partial charge in [0.25, 0.3) is 5.91 Å². The number of piperidine rings is 1. The van der Waals surface area contributed by atoms with Crippen LogP contribution in [0.5, 0.6) is 11.5 Å².